The summed E-state index contributed by atoms with van der Waals surface area (Å²) in [6.07, 6.45) is 8.09. The molecule has 21 heavy (non-hydrogen) atoms. The molecule has 0 spiro atoms. The lowest BCUT2D eigenvalue weighted by Crippen LogP contribution is -2.43. The number of rotatable bonds is 3. The van der Waals surface area contributed by atoms with Gasteiger partial charge in [-0.15, -0.1) is 0 Å². The van der Waals surface area contributed by atoms with Crippen LogP contribution in [0.2, 0.25) is 0 Å². The quantitative estimate of drug-likeness (QED) is 0.857. The van der Waals surface area contributed by atoms with Crippen molar-refractivity contribution in [2.24, 2.45) is 5.92 Å². The summed E-state index contributed by atoms with van der Waals surface area (Å²) in [5.74, 6) is 0.0813. The number of hydrogen-bond donors (Lipinski definition) is 1. The summed E-state index contributed by atoms with van der Waals surface area (Å²) in [6.45, 7) is 2.06. The van der Waals surface area contributed by atoms with Crippen LogP contribution in [0.1, 0.15) is 51.4 Å². The Kier molecular flexibility index (Phi) is 4.78. The van der Waals surface area contributed by atoms with Crippen molar-refractivity contribution in [2.45, 2.75) is 63.5 Å². The summed E-state index contributed by atoms with van der Waals surface area (Å²) in [4.78, 5) is 26.5. The van der Waals surface area contributed by atoms with Gasteiger partial charge in [0.2, 0.25) is 11.8 Å². The van der Waals surface area contributed by atoms with Crippen molar-refractivity contribution in [3.63, 3.8) is 0 Å². The van der Waals surface area contributed by atoms with Crippen LogP contribution >= 0.6 is 0 Å². The molecule has 3 aliphatic rings. The van der Waals surface area contributed by atoms with Crippen LogP contribution in [0.3, 0.4) is 0 Å². The van der Waals surface area contributed by atoms with Crippen LogP contribution in [0, 0.1) is 5.92 Å². The minimum Gasteiger partial charge on any atom is -0.381 e. The van der Waals surface area contributed by atoms with Crippen LogP contribution in [0.15, 0.2) is 0 Å². The van der Waals surface area contributed by atoms with Gasteiger partial charge in [-0.3, -0.25) is 9.59 Å². The van der Waals surface area contributed by atoms with Crippen molar-refractivity contribution in [2.75, 3.05) is 19.8 Å². The van der Waals surface area contributed by atoms with Gasteiger partial charge < -0.3 is 15.0 Å². The van der Waals surface area contributed by atoms with Crippen LogP contribution in [0.5, 0.6) is 0 Å². The third-order valence-electron chi connectivity index (χ3n) is 5.11. The smallest absolute Gasteiger partial charge is 0.225 e. The van der Waals surface area contributed by atoms with Crippen molar-refractivity contribution in [1.82, 2.24) is 10.2 Å². The van der Waals surface area contributed by atoms with E-state index in [1.807, 2.05) is 4.90 Å². The number of carbonyl (C=O) groups is 2. The topological polar surface area (TPSA) is 58.6 Å². The highest BCUT2D eigenvalue weighted by Gasteiger charge is 2.38. The van der Waals surface area contributed by atoms with Gasteiger partial charge in [-0.1, -0.05) is 19.3 Å². The van der Waals surface area contributed by atoms with E-state index in [1.54, 1.807) is 0 Å². The summed E-state index contributed by atoms with van der Waals surface area (Å²) in [5, 5.41) is 3.16. The Bertz CT molecular complexity index is 387. The summed E-state index contributed by atoms with van der Waals surface area (Å²) in [7, 11) is 0. The number of amides is 2. The Morgan fingerprint density at radius 3 is 2.52 bits per heavy atom. The Morgan fingerprint density at radius 2 is 1.81 bits per heavy atom. The van der Waals surface area contributed by atoms with Gasteiger partial charge in [0.05, 0.1) is 5.92 Å². The van der Waals surface area contributed by atoms with Gasteiger partial charge in [-0.25, -0.2) is 0 Å². The number of hydrogen-bond acceptors (Lipinski definition) is 3. The lowest BCUT2D eigenvalue weighted by molar-refractivity contribution is -0.131. The molecule has 1 N–H and O–H groups in total. The third kappa shape index (κ3) is 3.57. The first-order valence-corrected chi connectivity index (χ1v) is 8.41. The molecule has 118 valence electrons. The first-order valence-electron chi connectivity index (χ1n) is 8.41. The van der Waals surface area contributed by atoms with Crippen molar-refractivity contribution in [3.8, 4) is 0 Å². The summed E-state index contributed by atoms with van der Waals surface area (Å²) in [5.41, 5.74) is 0. The molecule has 3 rings (SSSR count). The van der Waals surface area contributed by atoms with E-state index in [0.29, 0.717) is 19.0 Å². The SMILES string of the molecule is O=C(NC1CCCCC1)C1CC(=O)N(C2CCOCC2)C1. The van der Waals surface area contributed by atoms with Gasteiger partial charge in [0.1, 0.15) is 0 Å². The molecule has 0 aromatic heterocycles. The number of carbonyl (C=O) groups excluding carboxylic acids is 2. The lowest BCUT2D eigenvalue weighted by Gasteiger charge is -2.31. The van der Waals surface area contributed by atoms with Gasteiger partial charge in [-0.05, 0) is 25.7 Å². The van der Waals surface area contributed by atoms with Gasteiger partial charge in [0.15, 0.2) is 0 Å². The lowest BCUT2D eigenvalue weighted by atomic mass is 9.95. The van der Waals surface area contributed by atoms with Gasteiger partial charge in [0.25, 0.3) is 0 Å². The molecule has 0 aromatic carbocycles. The molecule has 0 aromatic rings. The number of likely N-dealkylation sites (tertiary alicyclic amines) is 1. The van der Waals surface area contributed by atoms with E-state index in [2.05, 4.69) is 5.32 Å². The minimum atomic E-state index is -0.151. The van der Waals surface area contributed by atoms with E-state index in [0.717, 1.165) is 38.9 Å². The van der Waals surface area contributed by atoms with Crippen LogP contribution < -0.4 is 5.32 Å². The predicted octanol–water partition coefficient (Wildman–Crippen LogP) is 1.46. The molecule has 5 heteroatoms. The van der Waals surface area contributed by atoms with Gasteiger partial charge in [-0.2, -0.15) is 0 Å². The summed E-state index contributed by atoms with van der Waals surface area (Å²) in [6, 6.07) is 0.609. The number of ether oxygens (including phenoxy) is 1. The van der Waals surface area contributed by atoms with E-state index in [4.69, 9.17) is 4.74 Å². The molecule has 1 atom stereocenters. The fourth-order valence-corrected chi connectivity index (χ4v) is 3.82. The van der Waals surface area contributed by atoms with Crippen molar-refractivity contribution in [1.29, 1.82) is 0 Å². The predicted molar refractivity (Wildman–Crippen MR) is 78.7 cm³/mol. The molecule has 0 bridgehead atoms. The zero-order valence-electron chi connectivity index (χ0n) is 12.7. The molecule has 5 nitrogen and oxygen atoms in total. The maximum atomic E-state index is 12.4. The van der Waals surface area contributed by atoms with E-state index in [1.165, 1.54) is 19.3 Å². The molecule has 0 radical (unpaired) electrons. The highest BCUT2D eigenvalue weighted by Crippen LogP contribution is 2.26. The Balaban J connectivity index is 1.52. The number of nitrogens with zero attached hydrogens (tertiary/aromatic N) is 1. The molecular formula is C16H26N2O3. The normalized spacial score (nSPS) is 28.9. The molecule has 3 fully saturated rings. The van der Waals surface area contributed by atoms with E-state index >= 15 is 0 Å². The number of nitrogens with one attached hydrogen (secondary N) is 1. The Hall–Kier alpha value is -1.10. The minimum absolute atomic E-state index is 0.0878. The average molecular weight is 294 g/mol. The van der Waals surface area contributed by atoms with Crippen LogP contribution in [-0.2, 0) is 14.3 Å². The van der Waals surface area contributed by atoms with Gasteiger partial charge in [0, 0.05) is 38.3 Å². The van der Waals surface area contributed by atoms with E-state index < -0.39 is 0 Å². The first kappa shape index (κ1) is 14.8. The summed E-state index contributed by atoms with van der Waals surface area (Å²) < 4.78 is 5.35. The average Bonchev–Trinajstić information content (AvgIpc) is 2.91. The van der Waals surface area contributed by atoms with E-state index in [9.17, 15) is 9.59 Å². The molecule has 1 saturated carbocycles. The fourth-order valence-electron chi connectivity index (χ4n) is 3.82. The molecule has 2 heterocycles. The van der Waals surface area contributed by atoms with Gasteiger partial charge >= 0.3 is 0 Å². The molecule has 1 aliphatic carbocycles. The highest BCUT2D eigenvalue weighted by atomic mass is 16.5. The Labute approximate surface area is 126 Å². The fraction of sp³-hybridized carbons (Fsp3) is 0.875. The third-order valence-corrected chi connectivity index (χ3v) is 5.11. The highest BCUT2D eigenvalue weighted by molar-refractivity contribution is 5.89. The molecule has 2 aliphatic heterocycles. The maximum Gasteiger partial charge on any atom is 0.225 e. The first-order chi connectivity index (χ1) is 10.2. The van der Waals surface area contributed by atoms with Crippen LogP contribution in [0.25, 0.3) is 0 Å². The van der Waals surface area contributed by atoms with E-state index in [-0.39, 0.29) is 23.8 Å². The second-order valence-electron chi connectivity index (χ2n) is 6.63. The van der Waals surface area contributed by atoms with Crippen molar-refractivity contribution < 1.29 is 14.3 Å². The molecule has 2 amide bonds. The molecule has 1 unspecified atom stereocenters. The van der Waals surface area contributed by atoms with Crippen LogP contribution in [0.4, 0.5) is 0 Å². The zero-order valence-corrected chi connectivity index (χ0v) is 12.7. The molecule has 2 saturated heterocycles. The second-order valence-corrected chi connectivity index (χ2v) is 6.63. The molecular weight excluding hydrogens is 268 g/mol. The monoisotopic (exact) mass is 294 g/mol. The van der Waals surface area contributed by atoms with Crippen molar-refractivity contribution >= 4 is 11.8 Å². The van der Waals surface area contributed by atoms with Crippen LogP contribution in [-0.4, -0.2) is 48.6 Å². The largest absolute Gasteiger partial charge is 0.381 e. The van der Waals surface area contributed by atoms with Crippen molar-refractivity contribution in [3.05, 3.63) is 0 Å². The standard InChI is InChI=1S/C16H26N2O3/c19-15-10-12(11-18(15)14-6-8-21-9-7-14)16(20)17-13-4-2-1-3-5-13/h12-14H,1-11H2,(H,17,20). The maximum absolute atomic E-state index is 12.4. The second kappa shape index (κ2) is 6.77. The Morgan fingerprint density at radius 1 is 1.10 bits per heavy atom. The summed E-state index contributed by atoms with van der Waals surface area (Å²) >= 11 is 0. The zero-order chi connectivity index (χ0) is 14.7.